The van der Waals surface area contributed by atoms with Crippen LogP contribution in [0.1, 0.15) is 75.8 Å². The Morgan fingerprint density at radius 2 is 1.94 bits per heavy atom. The van der Waals surface area contributed by atoms with E-state index in [0.717, 1.165) is 49.4 Å². The highest BCUT2D eigenvalue weighted by Crippen LogP contribution is 2.57. The first kappa shape index (κ1) is 22.5. The molecule has 178 valence electrons. The third-order valence-corrected chi connectivity index (χ3v) is 8.24. The van der Waals surface area contributed by atoms with Crippen LogP contribution in [0.2, 0.25) is 0 Å². The van der Waals surface area contributed by atoms with Crippen LogP contribution < -0.4 is 4.74 Å². The molecule has 1 heterocycles. The van der Waals surface area contributed by atoms with Gasteiger partial charge in [0.2, 0.25) is 0 Å². The van der Waals surface area contributed by atoms with Crippen molar-refractivity contribution in [2.45, 2.75) is 88.6 Å². The molecule has 2 N–H and O–H groups in total. The van der Waals surface area contributed by atoms with Crippen molar-refractivity contribution in [1.29, 1.82) is 0 Å². The van der Waals surface area contributed by atoms with Crippen molar-refractivity contribution in [3.05, 3.63) is 23.3 Å². The minimum atomic E-state index is -0.919. The number of nitrogens with zero attached hydrogens (tertiary/aromatic N) is 1. The van der Waals surface area contributed by atoms with Gasteiger partial charge in [-0.1, -0.05) is 26.3 Å². The maximum absolute atomic E-state index is 12.3. The molecule has 1 aromatic carbocycles. The van der Waals surface area contributed by atoms with Crippen LogP contribution in [0.15, 0.2) is 12.1 Å². The quantitative estimate of drug-likeness (QED) is 0.590. The second kappa shape index (κ2) is 8.79. The van der Waals surface area contributed by atoms with Gasteiger partial charge in [0.25, 0.3) is 0 Å². The standard InChI is InChI=1S/C26H39NO5/c1-3-5-12-30-21-9-8-19-15-22(27(4-2)17-18-6-7-18)26(29)11-10-25(31-13-14-32-25)16-20(26)23(19)24(21)28/h8-9,18,20,22,28-29H,3-7,10-17H2,1-2H3/t20?,22-,26+/m1/s1. The van der Waals surface area contributed by atoms with E-state index < -0.39 is 11.4 Å². The van der Waals surface area contributed by atoms with E-state index in [1.807, 2.05) is 6.07 Å². The lowest BCUT2D eigenvalue weighted by molar-refractivity contribution is -0.222. The molecule has 2 saturated carbocycles. The number of rotatable bonds is 8. The maximum atomic E-state index is 12.3. The van der Waals surface area contributed by atoms with Gasteiger partial charge in [0.05, 0.1) is 25.4 Å². The molecule has 0 aromatic heterocycles. The zero-order chi connectivity index (χ0) is 22.3. The van der Waals surface area contributed by atoms with E-state index in [1.165, 1.54) is 12.8 Å². The minimum Gasteiger partial charge on any atom is -0.504 e. The molecular formula is C26H39NO5. The second-order valence-electron chi connectivity index (χ2n) is 10.3. The Kier molecular flexibility index (Phi) is 6.16. The molecule has 1 saturated heterocycles. The highest BCUT2D eigenvalue weighted by molar-refractivity contribution is 5.55. The molecule has 1 unspecified atom stereocenters. The topological polar surface area (TPSA) is 71.4 Å². The molecule has 5 rings (SSSR count). The summed E-state index contributed by atoms with van der Waals surface area (Å²) in [4.78, 5) is 2.49. The van der Waals surface area contributed by atoms with Gasteiger partial charge in [0.1, 0.15) is 0 Å². The first-order chi connectivity index (χ1) is 15.5. The van der Waals surface area contributed by atoms with Crippen LogP contribution >= 0.6 is 0 Å². The Morgan fingerprint density at radius 1 is 1.16 bits per heavy atom. The van der Waals surface area contributed by atoms with Crippen LogP contribution in [-0.2, 0) is 15.9 Å². The normalized spacial score (nSPS) is 31.0. The number of benzene rings is 1. The Labute approximate surface area is 191 Å². The molecule has 1 aliphatic heterocycles. The first-order valence-corrected chi connectivity index (χ1v) is 12.7. The van der Waals surface area contributed by atoms with Crippen molar-refractivity contribution in [2.24, 2.45) is 5.92 Å². The number of phenolic OH excluding ortho intramolecular Hbond substituents is 1. The SMILES string of the molecule is CCCCOc1ccc2c(c1O)C1CC3(CC[C@@]1(O)[C@H](N(CC)CC1CC1)C2)OCCO3. The molecule has 32 heavy (non-hydrogen) atoms. The molecular weight excluding hydrogens is 406 g/mol. The largest absolute Gasteiger partial charge is 0.504 e. The molecule has 0 radical (unpaired) electrons. The van der Waals surface area contributed by atoms with Crippen LogP contribution in [0, 0.1) is 5.92 Å². The summed E-state index contributed by atoms with van der Waals surface area (Å²) in [7, 11) is 0. The summed E-state index contributed by atoms with van der Waals surface area (Å²) < 4.78 is 18.1. The monoisotopic (exact) mass is 445 g/mol. The van der Waals surface area contributed by atoms with E-state index in [-0.39, 0.29) is 17.7 Å². The molecule has 6 heteroatoms. The molecule has 3 aliphatic carbocycles. The van der Waals surface area contributed by atoms with Gasteiger partial charge in [-0.05, 0) is 56.2 Å². The highest BCUT2D eigenvalue weighted by Gasteiger charge is 2.59. The van der Waals surface area contributed by atoms with Gasteiger partial charge in [-0.25, -0.2) is 0 Å². The number of phenols is 1. The van der Waals surface area contributed by atoms with Crippen molar-refractivity contribution in [1.82, 2.24) is 4.90 Å². The zero-order valence-electron chi connectivity index (χ0n) is 19.6. The lowest BCUT2D eigenvalue weighted by Gasteiger charge is -2.55. The van der Waals surface area contributed by atoms with Crippen LogP contribution in [0.25, 0.3) is 0 Å². The van der Waals surface area contributed by atoms with Crippen molar-refractivity contribution >= 4 is 0 Å². The van der Waals surface area contributed by atoms with Crippen LogP contribution in [0.3, 0.4) is 0 Å². The number of unbranched alkanes of at least 4 members (excludes halogenated alkanes) is 1. The highest BCUT2D eigenvalue weighted by atomic mass is 16.7. The minimum absolute atomic E-state index is 0.0376. The summed E-state index contributed by atoms with van der Waals surface area (Å²) >= 11 is 0. The van der Waals surface area contributed by atoms with Crippen molar-refractivity contribution in [3.8, 4) is 11.5 Å². The van der Waals surface area contributed by atoms with Gasteiger partial charge in [0, 0.05) is 36.9 Å². The Morgan fingerprint density at radius 3 is 2.62 bits per heavy atom. The van der Waals surface area contributed by atoms with Crippen LogP contribution in [0.4, 0.5) is 0 Å². The van der Waals surface area contributed by atoms with Crippen LogP contribution in [0.5, 0.6) is 11.5 Å². The third kappa shape index (κ3) is 3.93. The number of likely N-dealkylation sites (N-methyl/N-ethyl adjacent to an activating group) is 1. The van der Waals surface area contributed by atoms with E-state index in [4.69, 9.17) is 14.2 Å². The molecule has 1 aromatic rings. The summed E-state index contributed by atoms with van der Waals surface area (Å²) in [5.41, 5.74) is 1.05. The van der Waals surface area contributed by atoms with E-state index in [1.54, 1.807) is 0 Å². The fourth-order valence-electron chi connectivity index (χ4n) is 6.24. The van der Waals surface area contributed by atoms with Gasteiger partial charge < -0.3 is 24.4 Å². The fourth-order valence-corrected chi connectivity index (χ4v) is 6.24. The van der Waals surface area contributed by atoms with Gasteiger partial charge in [-0.3, -0.25) is 4.90 Å². The Bertz CT molecular complexity index is 819. The van der Waals surface area contributed by atoms with Gasteiger partial charge in [0.15, 0.2) is 17.3 Å². The first-order valence-electron chi connectivity index (χ1n) is 12.7. The number of ether oxygens (including phenoxy) is 3. The van der Waals surface area contributed by atoms with Crippen molar-refractivity contribution < 1.29 is 24.4 Å². The zero-order valence-corrected chi connectivity index (χ0v) is 19.6. The van der Waals surface area contributed by atoms with Crippen molar-refractivity contribution in [3.63, 3.8) is 0 Å². The molecule has 3 fully saturated rings. The average molecular weight is 446 g/mol. The number of aliphatic hydroxyl groups is 1. The number of fused-ring (bicyclic) bond motifs is 3. The molecule has 6 nitrogen and oxygen atoms in total. The fraction of sp³-hybridized carbons (Fsp3) is 0.769. The van der Waals surface area contributed by atoms with Crippen molar-refractivity contribution in [2.75, 3.05) is 32.9 Å². The van der Waals surface area contributed by atoms with E-state index in [9.17, 15) is 10.2 Å². The van der Waals surface area contributed by atoms with Gasteiger partial charge >= 0.3 is 0 Å². The smallest absolute Gasteiger partial charge is 0.169 e. The summed E-state index contributed by atoms with van der Waals surface area (Å²) in [5.74, 6) is 0.593. The molecule has 0 amide bonds. The second-order valence-corrected chi connectivity index (χ2v) is 10.3. The third-order valence-electron chi connectivity index (χ3n) is 8.24. The predicted octanol–water partition coefficient (Wildman–Crippen LogP) is 3.97. The lowest BCUT2D eigenvalue weighted by Crippen LogP contribution is -2.63. The maximum Gasteiger partial charge on any atom is 0.169 e. The molecule has 1 spiro atoms. The summed E-state index contributed by atoms with van der Waals surface area (Å²) in [6, 6.07) is 4.05. The van der Waals surface area contributed by atoms with E-state index in [2.05, 4.69) is 24.8 Å². The molecule has 0 bridgehead atoms. The van der Waals surface area contributed by atoms with Gasteiger partial charge in [-0.15, -0.1) is 0 Å². The average Bonchev–Trinajstić information content (AvgIpc) is 3.50. The summed E-state index contributed by atoms with van der Waals surface area (Å²) in [5, 5.41) is 23.6. The van der Waals surface area contributed by atoms with E-state index >= 15 is 0 Å². The Hall–Kier alpha value is -1.34. The number of aromatic hydroxyl groups is 1. The van der Waals surface area contributed by atoms with Crippen LogP contribution in [-0.4, -0.2) is 65.5 Å². The summed E-state index contributed by atoms with van der Waals surface area (Å²) in [6.45, 7) is 8.07. The van der Waals surface area contributed by atoms with Gasteiger partial charge in [-0.2, -0.15) is 0 Å². The predicted molar refractivity (Wildman–Crippen MR) is 122 cm³/mol. The lowest BCUT2D eigenvalue weighted by atomic mass is 9.60. The van der Waals surface area contributed by atoms with E-state index in [0.29, 0.717) is 44.8 Å². The Balaban J connectivity index is 1.53. The summed E-state index contributed by atoms with van der Waals surface area (Å²) in [6.07, 6.45) is 7.21. The number of hydrogen-bond donors (Lipinski definition) is 2. The molecule has 3 atom stereocenters. The molecule has 4 aliphatic rings. The number of hydrogen-bond acceptors (Lipinski definition) is 6.